The van der Waals surface area contributed by atoms with Crippen molar-refractivity contribution in [1.29, 1.82) is 0 Å². The Morgan fingerprint density at radius 1 is 1.26 bits per heavy atom. The van der Waals surface area contributed by atoms with Crippen LogP contribution in [0.5, 0.6) is 11.5 Å². The molecule has 1 saturated heterocycles. The Labute approximate surface area is 142 Å². The minimum Gasteiger partial charge on any atom is -0.493 e. The molecule has 1 unspecified atom stereocenters. The third kappa shape index (κ3) is 4.14. The van der Waals surface area contributed by atoms with E-state index in [0.717, 1.165) is 24.9 Å². The first kappa shape index (κ1) is 17.6. The van der Waals surface area contributed by atoms with Crippen molar-refractivity contribution in [2.45, 2.75) is 31.7 Å². The number of nitrogens with one attached hydrogen (secondary N) is 1. The molecule has 0 aliphatic carbocycles. The average molecular weight is 340 g/mol. The zero-order valence-corrected chi connectivity index (χ0v) is 14.2. The van der Waals surface area contributed by atoms with E-state index in [1.165, 1.54) is 12.8 Å². The molecule has 2 heterocycles. The largest absolute Gasteiger partial charge is 0.493 e. The van der Waals surface area contributed by atoms with Crippen LogP contribution in [0.2, 0.25) is 0 Å². The van der Waals surface area contributed by atoms with Crippen molar-refractivity contribution >= 4 is 12.4 Å². The van der Waals surface area contributed by atoms with Gasteiger partial charge >= 0.3 is 0 Å². The van der Waals surface area contributed by atoms with Gasteiger partial charge in [-0.1, -0.05) is 5.16 Å². The number of aromatic nitrogens is 2. The molecule has 0 spiro atoms. The van der Waals surface area contributed by atoms with Crippen molar-refractivity contribution in [3.05, 3.63) is 24.1 Å². The monoisotopic (exact) mass is 339 g/mol. The first-order valence-electron chi connectivity index (χ1n) is 7.58. The Morgan fingerprint density at radius 3 is 2.78 bits per heavy atom. The molecule has 1 aromatic heterocycles. The Morgan fingerprint density at radius 2 is 2.09 bits per heavy atom. The summed E-state index contributed by atoms with van der Waals surface area (Å²) in [7, 11) is 3.22. The van der Waals surface area contributed by atoms with Crippen molar-refractivity contribution in [2.75, 3.05) is 20.8 Å². The summed E-state index contributed by atoms with van der Waals surface area (Å²) in [6.45, 7) is 1.12. The number of benzene rings is 1. The molecule has 126 valence electrons. The molecule has 3 rings (SSSR count). The second-order valence-electron chi connectivity index (χ2n) is 5.41. The van der Waals surface area contributed by atoms with Gasteiger partial charge in [-0.15, -0.1) is 12.4 Å². The zero-order valence-electron chi connectivity index (χ0n) is 13.4. The summed E-state index contributed by atoms with van der Waals surface area (Å²) in [5.41, 5.74) is 0.853. The molecule has 1 aromatic carbocycles. The standard InChI is InChI=1S/C16H21N3O3.ClH/c1-20-13-7-5-11(10-14(13)21-2)16-18-15(22-19-16)8-6-12-4-3-9-17-12;/h5,7,10,12,17H,3-4,6,8-9H2,1-2H3;1H. The molecule has 0 radical (unpaired) electrons. The SMILES string of the molecule is COc1ccc(-c2noc(CCC3CCCN3)n2)cc1OC.Cl. The van der Waals surface area contributed by atoms with E-state index in [0.29, 0.717) is 29.3 Å². The zero-order chi connectivity index (χ0) is 15.4. The lowest BCUT2D eigenvalue weighted by atomic mass is 10.1. The predicted molar refractivity (Wildman–Crippen MR) is 89.4 cm³/mol. The molecular formula is C16H22ClN3O3. The van der Waals surface area contributed by atoms with Crippen LogP contribution in [-0.2, 0) is 6.42 Å². The minimum atomic E-state index is 0. The van der Waals surface area contributed by atoms with Crippen LogP contribution in [0.25, 0.3) is 11.4 Å². The normalized spacial score (nSPS) is 16.9. The Kier molecular flexibility index (Phi) is 6.24. The van der Waals surface area contributed by atoms with Gasteiger partial charge in [-0.2, -0.15) is 4.98 Å². The number of aryl methyl sites for hydroxylation is 1. The fourth-order valence-electron chi connectivity index (χ4n) is 2.75. The van der Waals surface area contributed by atoms with Crippen molar-refractivity contribution in [2.24, 2.45) is 0 Å². The highest BCUT2D eigenvalue weighted by atomic mass is 35.5. The maximum absolute atomic E-state index is 5.35. The highest BCUT2D eigenvalue weighted by molar-refractivity contribution is 5.85. The number of nitrogens with zero attached hydrogens (tertiary/aromatic N) is 2. The molecule has 1 atom stereocenters. The number of hydrogen-bond acceptors (Lipinski definition) is 6. The van der Waals surface area contributed by atoms with Crippen molar-refractivity contribution in [3.63, 3.8) is 0 Å². The number of ether oxygens (including phenoxy) is 2. The van der Waals surface area contributed by atoms with Crippen LogP contribution in [0.15, 0.2) is 22.7 Å². The Balaban J connectivity index is 0.00000192. The highest BCUT2D eigenvalue weighted by Gasteiger charge is 2.16. The Hall–Kier alpha value is -1.79. The van der Waals surface area contributed by atoms with Crippen LogP contribution < -0.4 is 14.8 Å². The molecule has 0 saturated carbocycles. The summed E-state index contributed by atoms with van der Waals surface area (Å²) in [5.74, 6) is 2.60. The van der Waals surface area contributed by atoms with Gasteiger partial charge in [0.05, 0.1) is 14.2 Å². The van der Waals surface area contributed by atoms with Crippen LogP contribution in [0.4, 0.5) is 0 Å². The molecule has 7 heteroatoms. The quantitative estimate of drug-likeness (QED) is 0.872. The molecule has 1 fully saturated rings. The topological polar surface area (TPSA) is 69.4 Å². The first-order valence-corrected chi connectivity index (χ1v) is 7.58. The maximum atomic E-state index is 5.35. The molecule has 1 aliphatic heterocycles. The molecular weight excluding hydrogens is 318 g/mol. The van der Waals surface area contributed by atoms with E-state index in [1.54, 1.807) is 14.2 Å². The maximum Gasteiger partial charge on any atom is 0.227 e. The van der Waals surface area contributed by atoms with E-state index in [2.05, 4.69) is 15.5 Å². The summed E-state index contributed by atoms with van der Waals surface area (Å²) in [6.07, 6.45) is 4.33. The number of methoxy groups -OCH3 is 2. The van der Waals surface area contributed by atoms with E-state index >= 15 is 0 Å². The summed E-state index contributed by atoms with van der Waals surface area (Å²) in [4.78, 5) is 4.47. The lowest BCUT2D eigenvalue weighted by molar-refractivity contribution is 0.355. The van der Waals surface area contributed by atoms with Crippen LogP contribution in [0, 0.1) is 0 Å². The van der Waals surface area contributed by atoms with Gasteiger partial charge in [-0.05, 0) is 44.0 Å². The second kappa shape index (κ2) is 8.17. The van der Waals surface area contributed by atoms with Crippen LogP contribution in [0.1, 0.15) is 25.2 Å². The van der Waals surface area contributed by atoms with E-state index in [1.807, 2.05) is 18.2 Å². The Bertz CT molecular complexity index is 627. The molecule has 0 bridgehead atoms. The smallest absolute Gasteiger partial charge is 0.227 e. The van der Waals surface area contributed by atoms with Gasteiger partial charge in [0.25, 0.3) is 0 Å². The van der Waals surface area contributed by atoms with Gasteiger partial charge < -0.3 is 19.3 Å². The fraction of sp³-hybridized carbons (Fsp3) is 0.500. The summed E-state index contributed by atoms with van der Waals surface area (Å²) in [5, 5.41) is 7.53. The lowest BCUT2D eigenvalue weighted by Crippen LogP contribution is -2.21. The summed E-state index contributed by atoms with van der Waals surface area (Å²) < 4.78 is 15.9. The summed E-state index contributed by atoms with van der Waals surface area (Å²) in [6, 6.07) is 6.17. The highest BCUT2D eigenvalue weighted by Crippen LogP contribution is 2.31. The van der Waals surface area contributed by atoms with Gasteiger partial charge in [0.1, 0.15) is 0 Å². The fourth-order valence-corrected chi connectivity index (χ4v) is 2.75. The van der Waals surface area contributed by atoms with Crippen LogP contribution in [0.3, 0.4) is 0 Å². The second-order valence-corrected chi connectivity index (χ2v) is 5.41. The van der Waals surface area contributed by atoms with Crippen molar-refractivity contribution < 1.29 is 14.0 Å². The molecule has 2 aromatic rings. The van der Waals surface area contributed by atoms with Gasteiger partial charge in [0.15, 0.2) is 11.5 Å². The van der Waals surface area contributed by atoms with E-state index in [4.69, 9.17) is 14.0 Å². The molecule has 6 nitrogen and oxygen atoms in total. The van der Waals surface area contributed by atoms with Gasteiger partial charge in [0, 0.05) is 18.0 Å². The molecule has 0 amide bonds. The van der Waals surface area contributed by atoms with Crippen molar-refractivity contribution in [3.8, 4) is 22.9 Å². The minimum absolute atomic E-state index is 0. The van der Waals surface area contributed by atoms with E-state index in [-0.39, 0.29) is 12.4 Å². The lowest BCUT2D eigenvalue weighted by Gasteiger charge is -2.07. The van der Waals surface area contributed by atoms with Gasteiger partial charge in [-0.25, -0.2) is 0 Å². The van der Waals surface area contributed by atoms with E-state index < -0.39 is 0 Å². The number of rotatable bonds is 6. The third-order valence-corrected chi connectivity index (χ3v) is 3.98. The third-order valence-electron chi connectivity index (χ3n) is 3.98. The summed E-state index contributed by atoms with van der Waals surface area (Å²) >= 11 is 0. The average Bonchev–Trinajstić information content (AvgIpc) is 3.23. The number of hydrogen-bond donors (Lipinski definition) is 1. The molecule has 1 aliphatic rings. The van der Waals surface area contributed by atoms with Gasteiger partial charge in [-0.3, -0.25) is 0 Å². The molecule has 1 N–H and O–H groups in total. The van der Waals surface area contributed by atoms with Gasteiger partial charge in [0.2, 0.25) is 11.7 Å². The van der Waals surface area contributed by atoms with Crippen molar-refractivity contribution in [1.82, 2.24) is 15.5 Å². The van der Waals surface area contributed by atoms with Crippen LogP contribution >= 0.6 is 12.4 Å². The number of halogens is 1. The first-order chi connectivity index (χ1) is 10.8. The van der Waals surface area contributed by atoms with Crippen LogP contribution in [-0.4, -0.2) is 36.9 Å². The predicted octanol–water partition coefficient (Wildman–Crippen LogP) is 2.86. The van der Waals surface area contributed by atoms with E-state index in [9.17, 15) is 0 Å². The molecule has 23 heavy (non-hydrogen) atoms.